The minimum atomic E-state index is -1.68. The fourth-order valence-corrected chi connectivity index (χ4v) is 1.19. The number of ether oxygens (including phenoxy) is 1. The van der Waals surface area contributed by atoms with Gasteiger partial charge in [-0.1, -0.05) is 0 Å². The van der Waals surface area contributed by atoms with Crippen LogP contribution in [0.4, 0.5) is 23.2 Å². The number of hydrogen-bond donors (Lipinski definition) is 1. The van der Waals surface area contributed by atoms with Crippen LogP contribution in [-0.2, 0) is 9.53 Å². The second kappa shape index (κ2) is 6.56. The number of benzene rings is 1. The third-order valence-corrected chi connectivity index (χ3v) is 2.09. The van der Waals surface area contributed by atoms with Crippen molar-refractivity contribution in [1.82, 2.24) is 0 Å². The van der Waals surface area contributed by atoms with Crippen molar-refractivity contribution in [2.24, 2.45) is 0 Å². The first-order chi connectivity index (χ1) is 9.42. The van der Waals surface area contributed by atoms with E-state index in [9.17, 15) is 22.4 Å². The zero-order valence-corrected chi connectivity index (χ0v) is 10.1. The summed E-state index contributed by atoms with van der Waals surface area (Å²) in [6.07, 6.45) is 0.596. The van der Waals surface area contributed by atoms with Gasteiger partial charge in [-0.05, 0) is 6.92 Å². The highest BCUT2D eigenvalue weighted by Gasteiger charge is 2.19. The van der Waals surface area contributed by atoms with E-state index in [0.29, 0.717) is 6.20 Å². The number of nitriles is 1. The van der Waals surface area contributed by atoms with Crippen LogP contribution in [0.5, 0.6) is 0 Å². The summed E-state index contributed by atoms with van der Waals surface area (Å²) in [6.45, 7) is 1.47. The van der Waals surface area contributed by atoms with Crippen LogP contribution in [0.1, 0.15) is 6.92 Å². The van der Waals surface area contributed by atoms with Gasteiger partial charge < -0.3 is 10.1 Å². The Kier molecular flexibility index (Phi) is 5.08. The van der Waals surface area contributed by atoms with E-state index in [1.165, 1.54) is 13.0 Å². The molecule has 8 heteroatoms. The summed E-state index contributed by atoms with van der Waals surface area (Å²) in [5, 5.41) is 10.5. The van der Waals surface area contributed by atoms with Crippen molar-refractivity contribution < 1.29 is 27.1 Å². The van der Waals surface area contributed by atoms with Crippen molar-refractivity contribution >= 4 is 11.7 Å². The molecule has 0 bridgehead atoms. The molecule has 0 unspecified atom stereocenters. The molecule has 1 aromatic rings. The topological polar surface area (TPSA) is 62.1 Å². The average Bonchev–Trinajstić information content (AvgIpc) is 2.41. The molecule has 0 heterocycles. The van der Waals surface area contributed by atoms with E-state index in [0.717, 1.165) is 0 Å². The van der Waals surface area contributed by atoms with Gasteiger partial charge in [0.25, 0.3) is 0 Å². The zero-order chi connectivity index (χ0) is 15.3. The van der Waals surface area contributed by atoms with Crippen LogP contribution in [0, 0.1) is 34.6 Å². The Bertz CT molecular complexity index is 582. The summed E-state index contributed by atoms with van der Waals surface area (Å²) in [6, 6.07) is 1.45. The van der Waals surface area contributed by atoms with Gasteiger partial charge in [0, 0.05) is 12.3 Å². The van der Waals surface area contributed by atoms with Crippen LogP contribution in [0.2, 0.25) is 0 Å². The van der Waals surface area contributed by atoms with Gasteiger partial charge in [-0.3, -0.25) is 0 Å². The summed E-state index contributed by atoms with van der Waals surface area (Å²) < 4.78 is 56.8. The van der Waals surface area contributed by atoms with E-state index in [1.54, 1.807) is 0 Å². The Morgan fingerprint density at radius 2 is 1.90 bits per heavy atom. The Morgan fingerprint density at radius 3 is 2.35 bits per heavy atom. The molecular formula is C12H8F4N2O2. The molecule has 1 N–H and O–H groups in total. The Hall–Kier alpha value is -2.56. The number of esters is 1. The first-order valence-corrected chi connectivity index (χ1v) is 5.29. The van der Waals surface area contributed by atoms with E-state index in [-0.39, 0.29) is 12.7 Å². The number of hydrogen-bond acceptors (Lipinski definition) is 4. The van der Waals surface area contributed by atoms with Crippen molar-refractivity contribution in [1.29, 1.82) is 5.26 Å². The summed E-state index contributed by atoms with van der Waals surface area (Å²) in [5.41, 5.74) is -1.77. The third kappa shape index (κ3) is 3.26. The maximum absolute atomic E-state index is 13.3. The molecule has 0 saturated heterocycles. The Balaban J connectivity index is 3.11. The molecular weight excluding hydrogens is 280 g/mol. The van der Waals surface area contributed by atoms with Gasteiger partial charge in [-0.15, -0.1) is 0 Å². The zero-order valence-electron chi connectivity index (χ0n) is 10.1. The fraction of sp³-hybridized carbons (Fsp3) is 0.167. The average molecular weight is 288 g/mol. The van der Waals surface area contributed by atoms with Crippen molar-refractivity contribution in [3.05, 3.63) is 41.1 Å². The summed E-state index contributed by atoms with van der Waals surface area (Å²) in [5.74, 6) is -7.63. The molecule has 1 rings (SSSR count). The lowest BCUT2D eigenvalue weighted by molar-refractivity contribution is -0.138. The quantitative estimate of drug-likeness (QED) is 0.304. The minimum absolute atomic E-state index is 0.0187. The molecule has 0 atom stereocenters. The van der Waals surface area contributed by atoms with Crippen molar-refractivity contribution in [2.45, 2.75) is 6.92 Å². The largest absolute Gasteiger partial charge is 0.462 e. The van der Waals surface area contributed by atoms with Crippen LogP contribution >= 0.6 is 0 Å². The van der Waals surface area contributed by atoms with Gasteiger partial charge in [0.2, 0.25) is 0 Å². The van der Waals surface area contributed by atoms with Gasteiger partial charge in [0.05, 0.1) is 6.61 Å². The Morgan fingerprint density at radius 1 is 1.35 bits per heavy atom. The lowest BCUT2D eigenvalue weighted by Gasteiger charge is -2.07. The smallest absolute Gasteiger partial charge is 0.350 e. The summed E-state index contributed by atoms with van der Waals surface area (Å²) >= 11 is 0. The predicted octanol–water partition coefficient (Wildman–Crippen LogP) is 2.63. The van der Waals surface area contributed by atoms with Crippen LogP contribution in [0.25, 0.3) is 0 Å². The predicted molar refractivity (Wildman–Crippen MR) is 60.2 cm³/mol. The standard InChI is InChI=1S/C12H8F4N2O2/c1-2-20-12(19)6(4-17)5-18-11-9(15)7(13)3-8(14)10(11)16/h3,5,18H,2H2,1H3/b6-5+. The lowest BCUT2D eigenvalue weighted by Crippen LogP contribution is -2.09. The SMILES string of the molecule is CCOC(=O)/C(C#N)=C/Nc1c(F)c(F)cc(F)c1F. The molecule has 20 heavy (non-hydrogen) atoms. The molecule has 0 radical (unpaired) electrons. The summed E-state index contributed by atoms with van der Waals surface area (Å²) in [7, 11) is 0. The molecule has 4 nitrogen and oxygen atoms in total. The van der Waals surface area contributed by atoms with Gasteiger partial charge in [-0.25, -0.2) is 22.4 Å². The maximum atomic E-state index is 13.3. The van der Waals surface area contributed by atoms with E-state index < -0.39 is 40.5 Å². The van der Waals surface area contributed by atoms with Gasteiger partial charge >= 0.3 is 5.97 Å². The number of nitrogens with zero attached hydrogens (tertiary/aromatic N) is 1. The molecule has 1 aromatic carbocycles. The van der Waals surface area contributed by atoms with Gasteiger partial charge in [0.15, 0.2) is 28.8 Å². The molecule has 0 aliphatic rings. The second-order valence-corrected chi connectivity index (χ2v) is 3.38. The summed E-state index contributed by atoms with van der Waals surface area (Å²) in [4.78, 5) is 11.2. The van der Waals surface area contributed by atoms with Crippen molar-refractivity contribution in [3.63, 3.8) is 0 Å². The number of carbonyl (C=O) groups excluding carboxylic acids is 1. The van der Waals surface area contributed by atoms with E-state index in [1.807, 2.05) is 5.32 Å². The lowest BCUT2D eigenvalue weighted by atomic mass is 10.2. The van der Waals surface area contributed by atoms with Gasteiger partial charge in [-0.2, -0.15) is 5.26 Å². The number of carbonyl (C=O) groups is 1. The first kappa shape index (κ1) is 15.5. The van der Waals surface area contributed by atoms with Gasteiger partial charge in [0.1, 0.15) is 11.8 Å². The third-order valence-electron chi connectivity index (χ3n) is 2.09. The van der Waals surface area contributed by atoms with Crippen LogP contribution in [0.15, 0.2) is 17.8 Å². The Labute approximate surface area is 111 Å². The van der Waals surface area contributed by atoms with E-state index in [2.05, 4.69) is 4.74 Å². The highest BCUT2D eigenvalue weighted by atomic mass is 19.2. The number of anilines is 1. The molecule has 0 amide bonds. The van der Waals surface area contributed by atoms with Crippen LogP contribution < -0.4 is 5.32 Å². The molecule has 0 aliphatic carbocycles. The van der Waals surface area contributed by atoms with E-state index >= 15 is 0 Å². The normalized spacial score (nSPS) is 10.9. The first-order valence-electron chi connectivity index (χ1n) is 5.29. The van der Waals surface area contributed by atoms with Crippen molar-refractivity contribution in [3.8, 4) is 6.07 Å². The number of halogens is 4. The number of nitrogens with one attached hydrogen (secondary N) is 1. The van der Waals surface area contributed by atoms with E-state index in [4.69, 9.17) is 5.26 Å². The highest BCUT2D eigenvalue weighted by molar-refractivity contribution is 5.93. The molecule has 0 spiro atoms. The molecule has 0 saturated carbocycles. The molecule has 0 aromatic heterocycles. The minimum Gasteiger partial charge on any atom is -0.462 e. The molecule has 0 aliphatic heterocycles. The molecule has 106 valence electrons. The van der Waals surface area contributed by atoms with Crippen LogP contribution in [0.3, 0.4) is 0 Å². The molecule has 0 fully saturated rings. The number of rotatable bonds is 4. The highest BCUT2D eigenvalue weighted by Crippen LogP contribution is 2.24. The van der Waals surface area contributed by atoms with Crippen molar-refractivity contribution in [2.75, 3.05) is 11.9 Å². The maximum Gasteiger partial charge on any atom is 0.350 e. The van der Waals surface area contributed by atoms with Crippen LogP contribution in [-0.4, -0.2) is 12.6 Å². The second-order valence-electron chi connectivity index (χ2n) is 3.38. The fourth-order valence-electron chi connectivity index (χ4n) is 1.19. The monoisotopic (exact) mass is 288 g/mol.